The summed E-state index contributed by atoms with van der Waals surface area (Å²) >= 11 is 1.40. The molecule has 9 heteroatoms. The van der Waals surface area contributed by atoms with E-state index in [0.29, 0.717) is 18.1 Å². The van der Waals surface area contributed by atoms with Gasteiger partial charge >= 0.3 is 0 Å². The molecule has 0 spiro atoms. The number of sulfonamides is 1. The van der Waals surface area contributed by atoms with Crippen molar-refractivity contribution >= 4 is 21.4 Å². The van der Waals surface area contributed by atoms with Crippen LogP contribution in [0.4, 0.5) is 0 Å². The van der Waals surface area contributed by atoms with Crippen LogP contribution in [0, 0.1) is 0 Å². The van der Waals surface area contributed by atoms with E-state index in [1.165, 1.54) is 15.9 Å². The monoisotopic (exact) mass is 288 g/mol. The highest BCUT2D eigenvalue weighted by Gasteiger charge is 2.21. The fourth-order valence-electron chi connectivity index (χ4n) is 1.51. The Labute approximate surface area is 108 Å². The smallest absolute Gasteiger partial charge is 0.273 e. The Kier molecular flexibility index (Phi) is 3.37. The fourth-order valence-corrected chi connectivity index (χ4v) is 3.04. The molecule has 0 bridgehead atoms. The molecule has 2 heterocycles. The minimum Gasteiger partial charge on any atom is -0.496 e. The Balaban J connectivity index is 2.56. The number of ether oxygens (including phenoxy) is 1. The van der Waals surface area contributed by atoms with Crippen LogP contribution in [0.5, 0.6) is 5.75 Å². The zero-order valence-electron chi connectivity index (χ0n) is 9.82. The van der Waals surface area contributed by atoms with Gasteiger partial charge in [-0.1, -0.05) is 0 Å². The Morgan fingerprint density at radius 2 is 2.22 bits per heavy atom. The van der Waals surface area contributed by atoms with E-state index in [1.807, 2.05) is 0 Å². The van der Waals surface area contributed by atoms with Gasteiger partial charge in [-0.2, -0.15) is 0 Å². The maximum Gasteiger partial charge on any atom is 0.273 e. The molecule has 0 aliphatic heterocycles. The second-order valence-corrected chi connectivity index (χ2v) is 5.81. The van der Waals surface area contributed by atoms with Crippen LogP contribution in [-0.2, 0) is 16.6 Å². The summed E-state index contributed by atoms with van der Waals surface area (Å²) in [4.78, 5) is 0.774. The molecule has 0 radical (unpaired) electrons. The predicted octanol–water partition coefficient (Wildman–Crippen LogP) is 0.682. The van der Waals surface area contributed by atoms with Crippen LogP contribution in [0.25, 0.3) is 10.7 Å². The van der Waals surface area contributed by atoms with Crippen molar-refractivity contribution in [3.8, 4) is 16.5 Å². The largest absolute Gasteiger partial charge is 0.496 e. The maximum absolute atomic E-state index is 11.4. The molecule has 0 amide bonds. The molecule has 0 aromatic carbocycles. The fraction of sp³-hybridized carbons (Fsp3) is 0.333. The topological polar surface area (TPSA) is 100 Å². The molecule has 0 unspecified atom stereocenters. The number of nitrogens with zero attached hydrogens (tertiary/aromatic N) is 3. The average molecular weight is 288 g/mol. The lowest BCUT2D eigenvalue weighted by Crippen LogP contribution is -2.18. The highest BCUT2D eigenvalue weighted by atomic mass is 32.2. The third kappa shape index (κ3) is 2.24. The highest BCUT2D eigenvalue weighted by molar-refractivity contribution is 7.89. The first-order valence-corrected chi connectivity index (χ1v) is 7.49. The summed E-state index contributed by atoms with van der Waals surface area (Å²) in [6, 6.07) is 1.77. The lowest BCUT2D eigenvalue weighted by atomic mass is 10.4. The van der Waals surface area contributed by atoms with Crippen molar-refractivity contribution in [1.82, 2.24) is 14.8 Å². The van der Waals surface area contributed by atoms with Crippen molar-refractivity contribution in [2.75, 3.05) is 7.11 Å². The number of methoxy groups -OCH3 is 1. The second-order valence-electron chi connectivity index (χ2n) is 3.45. The number of thiophene rings is 1. The van der Waals surface area contributed by atoms with Crippen molar-refractivity contribution in [3.05, 3.63) is 11.4 Å². The van der Waals surface area contributed by atoms with Gasteiger partial charge in [0.15, 0.2) is 5.82 Å². The Bertz CT molecular complexity index is 659. The van der Waals surface area contributed by atoms with Crippen LogP contribution in [0.1, 0.15) is 6.92 Å². The van der Waals surface area contributed by atoms with E-state index in [1.54, 1.807) is 25.5 Å². The minimum atomic E-state index is -3.87. The molecule has 0 aliphatic carbocycles. The maximum atomic E-state index is 11.4. The molecule has 7 nitrogen and oxygen atoms in total. The number of aromatic nitrogens is 3. The zero-order valence-corrected chi connectivity index (χ0v) is 11.5. The van der Waals surface area contributed by atoms with Crippen molar-refractivity contribution in [1.29, 1.82) is 0 Å². The lowest BCUT2D eigenvalue weighted by Gasteiger charge is -2.03. The van der Waals surface area contributed by atoms with Crippen molar-refractivity contribution in [2.24, 2.45) is 5.14 Å². The van der Waals surface area contributed by atoms with Crippen LogP contribution in [0.2, 0.25) is 0 Å². The molecule has 0 saturated heterocycles. The van der Waals surface area contributed by atoms with Gasteiger partial charge in [0.05, 0.1) is 12.0 Å². The SMILES string of the molecule is CCn1c(-c2cc(OC)cs2)nnc1S(N)(=O)=O. The van der Waals surface area contributed by atoms with E-state index in [4.69, 9.17) is 9.88 Å². The number of hydrogen-bond acceptors (Lipinski definition) is 6. The standard InChI is InChI=1S/C9H12N4O3S2/c1-3-13-8(7-4-6(16-2)5-17-7)11-12-9(13)18(10,14)15/h4-5H,3H2,1-2H3,(H2,10,14,15). The summed E-state index contributed by atoms with van der Waals surface area (Å²) in [6.07, 6.45) is 0. The summed E-state index contributed by atoms with van der Waals surface area (Å²) in [5.74, 6) is 1.16. The molecule has 18 heavy (non-hydrogen) atoms. The highest BCUT2D eigenvalue weighted by Crippen LogP contribution is 2.30. The van der Waals surface area contributed by atoms with E-state index < -0.39 is 10.0 Å². The van der Waals surface area contributed by atoms with Crippen molar-refractivity contribution in [3.63, 3.8) is 0 Å². The van der Waals surface area contributed by atoms with Crippen LogP contribution in [0.15, 0.2) is 16.6 Å². The first kappa shape index (κ1) is 13.0. The molecule has 2 N–H and O–H groups in total. The molecule has 0 saturated carbocycles. The van der Waals surface area contributed by atoms with Gasteiger partial charge in [0.1, 0.15) is 5.75 Å². The average Bonchev–Trinajstić information content (AvgIpc) is 2.93. The molecular formula is C9H12N4O3S2. The van der Waals surface area contributed by atoms with Crippen LogP contribution in [-0.4, -0.2) is 30.3 Å². The first-order chi connectivity index (χ1) is 8.47. The second kappa shape index (κ2) is 4.67. The van der Waals surface area contributed by atoms with E-state index >= 15 is 0 Å². The summed E-state index contributed by atoms with van der Waals surface area (Å²) in [7, 11) is -2.31. The van der Waals surface area contributed by atoms with E-state index in [-0.39, 0.29) is 5.16 Å². The van der Waals surface area contributed by atoms with Gasteiger partial charge in [-0.25, -0.2) is 13.6 Å². The summed E-state index contributed by atoms with van der Waals surface area (Å²) in [6.45, 7) is 2.21. The molecule has 2 aromatic heterocycles. The molecule has 0 aliphatic rings. The van der Waals surface area contributed by atoms with E-state index in [9.17, 15) is 8.42 Å². The van der Waals surface area contributed by atoms with E-state index in [2.05, 4.69) is 10.2 Å². The van der Waals surface area contributed by atoms with Crippen molar-refractivity contribution < 1.29 is 13.2 Å². The van der Waals surface area contributed by atoms with Crippen LogP contribution < -0.4 is 9.88 Å². The van der Waals surface area contributed by atoms with Gasteiger partial charge < -0.3 is 4.74 Å². The van der Waals surface area contributed by atoms with Crippen LogP contribution >= 0.6 is 11.3 Å². The molecule has 2 rings (SSSR count). The normalized spacial score (nSPS) is 11.7. The molecular weight excluding hydrogens is 276 g/mol. The van der Waals surface area contributed by atoms with Gasteiger partial charge in [0, 0.05) is 18.0 Å². The number of hydrogen-bond donors (Lipinski definition) is 1. The van der Waals surface area contributed by atoms with Gasteiger partial charge in [-0.3, -0.25) is 4.57 Å². The van der Waals surface area contributed by atoms with E-state index in [0.717, 1.165) is 4.88 Å². The summed E-state index contributed by atoms with van der Waals surface area (Å²) in [5.41, 5.74) is 0. The van der Waals surface area contributed by atoms with Crippen LogP contribution in [0.3, 0.4) is 0 Å². The van der Waals surface area contributed by atoms with Gasteiger partial charge in [0.25, 0.3) is 15.2 Å². The lowest BCUT2D eigenvalue weighted by molar-refractivity contribution is 0.417. The Hall–Kier alpha value is -1.45. The van der Waals surface area contributed by atoms with Gasteiger partial charge in [-0.15, -0.1) is 21.5 Å². The summed E-state index contributed by atoms with van der Waals surface area (Å²) < 4.78 is 29.2. The minimum absolute atomic E-state index is 0.229. The summed E-state index contributed by atoms with van der Waals surface area (Å²) in [5, 5.41) is 14.2. The Morgan fingerprint density at radius 1 is 1.50 bits per heavy atom. The number of rotatable bonds is 4. The number of nitrogens with two attached hydrogens (primary N) is 1. The predicted molar refractivity (Wildman–Crippen MR) is 66.9 cm³/mol. The first-order valence-electron chi connectivity index (χ1n) is 5.06. The molecule has 0 atom stereocenters. The van der Waals surface area contributed by atoms with Gasteiger partial charge in [-0.05, 0) is 6.92 Å². The van der Waals surface area contributed by atoms with Gasteiger partial charge in [0.2, 0.25) is 0 Å². The van der Waals surface area contributed by atoms with Crippen molar-refractivity contribution in [2.45, 2.75) is 18.6 Å². The quantitative estimate of drug-likeness (QED) is 0.891. The number of primary sulfonamides is 1. The third-order valence-electron chi connectivity index (χ3n) is 2.32. The Morgan fingerprint density at radius 3 is 2.72 bits per heavy atom. The zero-order chi connectivity index (χ0) is 13.3. The third-order valence-corrected chi connectivity index (χ3v) is 4.03. The molecule has 98 valence electrons. The molecule has 0 fully saturated rings. The molecule has 2 aromatic rings.